The average Bonchev–Trinajstić information content (AvgIpc) is 2.19. The maximum absolute atomic E-state index is 12.3. The Kier molecular flexibility index (Phi) is 3.89. The van der Waals surface area contributed by atoms with Gasteiger partial charge in [0.2, 0.25) is 0 Å². The van der Waals surface area contributed by atoms with E-state index in [1.165, 1.54) is 6.08 Å². The molecule has 2 N–H and O–H groups in total. The van der Waals surface area contributed by atoms with Crippen LogP contribution < -0.4 is 10.9 Å². The number of halogens is 3. The Morgan fingerprint density at radius 1 is 1.50 bits per heavy atom. The Labute approximate surface area is 90.0 Å². The Morgan fingerprint density at radius 2 is 2.19 bits per heavy atom. The van der Waals surface area contributed by atoms with Crippen LogP contribution in [0.15, 0.2) is 23.1 Å². The molecule has 0 unspecified atom stereocenters. The molecule has 16 heavy (non-hydrogen) atoms. The largest absolute Gasteiger partial charge is 0.417 e. The van der Waals surface area contributed by atoms with Gasteiger partial charge in [-0.25, -0.2) is 0 Å². The number of nitrogens with one attached hydrogen (secondary N) is 2. The zero-order valence-electron chi connectivity index (χ0n) is 8.56. The fourth-order valence-electron chi connectivity index (χ4n) is 1.09. The van der Waals surface area contributed by atoms with Crippen LogP contribution in [0.1, 0.15) is 11.1 Å². The van der Waals surface area contributed by atoms with Crippen LogP contribution in [-0.2, 0) is 6.18 Å². The van der Waals surface area contributed by atoms with Crippen molar-refractivity contribution < 1.29 is 13.2 Å². The molecule has 0 aromatic carbocycles. The number of hydrogen-bond donors (Lipinski definition) is 2. The van der Waals surface area contributed by atoms with E-state index in [1.54, 1.807) is 13.1 Å². The monoisotopic (exact) mass is 232 g/mol. The van der Waals surface area contributed by atoms with Crippen molar-refractivity contribution in [2.24, 2.45) is 0 Å². The van der Waals surface area contributed by atoms with Crippen LogP contribution in [0, 0.1) is 0 Å². The third-order valence-corrected chi connectivity index (χ3v) is 1.88. The Morgan fingerprint density at radius 3 is 2.75 bits per heavy atom. The maximum atomic E-state index is 12.3. The number of alkyl halides is 3. The molecule has 0 aliphatic carbocycles. The van der Waals surface area contributed by atoms with E-state index in [0.29, 0.717) is 12.7 Å². The highest BCUT2D eigenvalue weighted by Crippen LogP contribution is 2.28. The molecule has 0 radical (unpaired) electrons. The van der Waals surface area contributed by atoms with Crippen molar-refractivity contribution >= 4 is 6.08 Å². The third kappa shape index (κ3) is 3.23. The molecule has 1 heterocycles. The first-order valence-corrected chi connectivity index (χ1v) is 4.56. The predicted molar refractivity (Wildman–Crippen MR) is 55.0 cm³/mol. The van der Waals surface area contributed by atoms with Crippen molar-refractivity contribution in [3.05, 3.63) is 39.8 Å². The predicted octanol–water partition coefficient (Wildman–Crippen LogP) is 1.63. The number of aromatic amines is 1. The van der Waals surface area contributed by atoms with Gasteiger partial charge in [0.1, 0.15) is 0 Å². The molecule has 0 amide bonds. The number of rotatable bonds is 3. The lowest BCUT2D eigenvalue weighted by Crippen LogP contribution is -2.14. The number of pyridine rings is 1. The minimum atomic E-state index is -4.45. The van der Waals surface area contributed by atoms with Crippen molar-refractivity contribution in [1.82, 2.24) is 10.3 Å². The molecule has 0 aliphatic heterocycles. The zero-order valence-corrected chi connectivity index (χ0v) is 8.56. The van der Waals surface area contributed by atoms with Crippen molar-refractivity contribution in [3.63, 3.8) is 0 Å². The van der Waals surface area contributed by atoms with Gasteiger partial charge in [-0.1, -0.05) is 12.2 Å². The molecule has 6 heteroatoms. The molecular weight excluding hydrogens is 221 g/mol. The normalized spacial score (nSPS) is 12.2. The molecule has 0 bridgehead atoms. The molecular formula is C10H11F3N2O. The average molecular weight is 232 g/mol. The van der Waals surface area contributed by atoms with Crippen LogP contribution in [0.3, 0.4) is 0 Å². The van der Waals surface area contributed by atoms with E-state index >= 15 is 0 Å². The smallest absolute Gasteiger partial charge is 0.328 e. The Bertz CT molecular complexity index is 434. The molecule has 0 spiro atoms. The summed E-state index contributed by atoms with van der Waals surface area (Å²) in [5.74, 6) is 0. The van der Waals surface area contributed by atoms with Crippen LogP contribution in [-0.4, -0.2) is 18.6 Å². The van der Waals surface area contributed by atoms with Crippen LogP contribution in [0.5, 0.6) is 0 Å². The maximum Gasteiger partial charge on any atom is 0.417 e. The first kappa shape index (κ1) is 12.5. The highest BCUT2D eigenvalue weighted by Gasteiger charge is 2.31. The summed E-state index contributed by atoms with van der Waals surface area (Å²) in [5, 5.41) is 2.78. The highest BCUT2D eigenvalue weighted by atomic mass is 19.4. The standard InChI is InChI=1S/C10H11F3N2O/c1-14-4-2-3-7-5-8(10(11,12)13)6-15-9(7)16/h2-3,5-6,14H,4H2,1H3,(H,15,16). The topological polar surface area (TPSA) is 44.9 Å². The molecule has 3 nitrogen and oxygen atoms in total. The van der Waals surface area contributed by atoms with Crippen LogP contribution in [0.25, 0.3) is 6.08 Å². The number of likely N-dealkylation sites (N-methyl/N-ethyl adjacent to an activating group) is 1. The van der Waals surface area contributed by atoms with Crippen molar-refractivity contribution in [3.8, 4) is 0 Å². The van der Waals surface area contributed by atoms with E-state index in [2.05, 4.69) is 10.3 Å². The number of hydrogen-bond acceptors (Lipinski definition) is 2. The molecule has 0 aliphatic rings. The second-order valence-electron chi connectivity index (χ2n) is 3.13. The van der Waals surface area contributed by atoms with Gasteiger partial charge in [0, 0.05) is 18.3 Å². The summed E-state index contributed by atoms with van der Waals surface area (Å²) in [6.45, 7) is 0.482. The van der Waals surface area contributed by atoms with Crippen molar-refractivity contribution in [2.45, 2.75) is 6.18 Å². The summed E-state index contributed by atoms with van der Waals surface area (Å²) < 4.78 is 37.0. The van der Waals surface area contributed by atoms with E-state index in [0.717, 1.165) is 6.07 Å². The minimum Gasteiger partial charge on any atom is -0.328 e. The molecule has 0 fully saturated rings. The molecule has 88 valence electrons. The van der Waals surface area contributed by atoms with E-state index in [4.69, 9.17) is 0 Å². The van der Waals surface area contributed by atoms with Gasteiger partial charge in [-0.05, 0) is 13.1 Å². The molecule has 0 saturated heterocycles. The summed E-state index contributed by atoms with van der Waals surface area (Å²) in [6, 6.07) is 0.824. The van der Waals surface area contributed by atoms with Gasteiger partial charge in [-0.3, -0.25) is 4.79 Å². The van der Waals surface area contributed by atoms with E-state index in [9.17, 15) is 18.0 Å². The van der Waals surface area contributed by atoms with E-state index in [-0.39, 0.29) is 5.56 Å². The van der Waals surface area contributed by atoms with Gasteiger partial charge in [0.05, 0.1) is 5.56 Å². The van der Waals surface area contributed by atoms with Crippen molar-refractivity contribution in [2.75, 3.05) is 13.6 Å². The molecule has 1 rings (SSSR count). The highest BCUT2D eigenvalue weighted by molar-refractivity contribution is 5.49. The van der Waals surface area contributed by atoms with Gasteiger partial charge in [-0.2, -0.15) is 13.2 Å². The first-order chi connectivity index (χ1) is 7.45. The van der Waals surface area contributed by atoms with Gasteiger partial charge in [0.25, 0.3) is 5.56 Å². The fraction of sp³-hybridized carbons (Fsp3) is 0.300. The van der Waals surface area contributed by atoms with Crippen molar-refractivity contribution in [1.29, 1.82) is 0 Å². The number of H-pyrrole nitrogens is 1. The zero-order chi connectivity index (χ0) is 12.2. The fourth-order valence-corrected chi connectivity index (χ4v) is 1.09. The van der Waals surface area contributed by atoms with E-state index in [1.807, 2.05) is 0 Å². The van der Waals surface area contributed by atoms with E-state index < -0.39 is 17.3 Å². The lowest BCUT2D eigenvalue weighted by Gasteiger charge is -2.06. The van der Waals surface area contributed by atoms with Crippen LogP contribution in [0.4, 0.5) is 13.2 Å². The molecule has 0 saturated carbocycles. The second kappa shape index (κ2) is 4.98. The molecule has 1 aromatic heterocycles. The summed E-state index contributed by atoms with van der Waals surface area (Å²) in [5.41, 5.74) is -1.42. The van der Waals surface area contributed by atoms with Crippen LogP contribution in [0.2, 0.25) is 0 Å². The van der Waals surface area contributed by atoms with Gasteiger partial charge in [0.15, 0.2) is 0 Å². The third-order valence-electron chi connectivity index (χ3n) is 1.88. The first-order valence-electron chi connectivity index (χ1n) is 4.56. The lowest BCUT2D eigenvalue weighted by atomic mass is 10.2. The molecule has 1 aromatic rings. The second-order valence-corrected chi connectivity index (χ2v) is 3.13. The number of aromatic nitrogens is 1. The minimum absolute atomic E-state index is 0.00919. The van der Waals surface area contributed by atoms with Gasteiger partial charge < -0.3 is 10.3 Å². The quantitative estimate of drug-likeness (QED) is 0.831. The summed E-state index contributed by atoms with van der Waals surface area (Å²) >= 11 is 0. The van der Waals surface area contributed by atoms with Crippen LogP contribution >= 0.6 is 0 Å². The Hall–Kier alpha value is -1.56. The summed E-state index contributed by atoms with van der Waals surface area (Å²) in [4.78, 5) is 13.3. The van der Waals surface area contributed by atoms with Gasteiger partial charge >= 0.3 is 6.18 Å². The summed E-state index contributed by atoms with van der Waals surface area (Å²) in [7, 11) is 1.70. The lowest BCUT2D eigenvalue weighted by molar-refractivity contribution is -0.137. The Balaban J connectivity index is 3.05. The SMILES string of the molecule is CNCC=Cc1cc(C(F)(F)F)c[nH]c1=O. The summed E-state index contributed by atoms with van der Waals surface area (Å²) in [6.07, 6.45) is -0.858. The van der Waals surface area contributed by atoms with Gasteiger partial charge in [-0.15, -0.1) is 0 Å². The molecule has 0 atom stereocenters.